The zero-order valence-electron chi connectivity index (χ0n) is 7.28. The number of thiophene rings is 1. The summed E-state index contributed by atoms with van der Waals surface area (Å²) in [4.78, 5) is 11.5. The summed E-state index contributed by atoms with van der Waals surface area (Å²) in [5.74, 6) is 0. The van der Waals surface area contributed by atoms with Crippen LogP contribution in [0.4, 0.5) is 4.79 Å². The van der Waals surface area contributed by atoms with Crippen molar-refractivity contribution in [3.05, 3.63) is 21.9 Å². The Morgan fingerprint density at radius 3 is 3.15 bits per heavy atom. The van der Waals surface area contributed by atoms with Gasteiger partial charge in [-0.1, -0.05) is 6.92 Å². The highest BCUT2D eigenvalue weighted by Crippen LogP contribution is 2.12. The van der Waals surface area contributed by atoms with Gasteiger partial charge in [0.25, 0.3) is 0 Å². The molecule has 0 aliphatic heterocycles. The molecule has 1 aromatic heterocycles. The van der Waals surface area contributed by atoms with E-state index in [0.29, 0.717) is 0 Å². The molecule has 0 spiro atoms. The van der Waals surface area contributed by atoms with Gasteiger partial charge in [-0.15, -0.1) is 11.3 Å². The van der Waals surface area contributed by atoms with Crippen LogP contribution in [0.3, 0.4) is 0 Å². The number of nitrogens with zero attached hydrogens (tertiary/aromatic N) is 1. The molecule has 4 nitrogen and oxygen atoms in total. The number of hydrogen-bond acceptors (Lipinski definition) is 3. The number of hydrazone groups is 1. The largest absolute Gasteiger partial charge is 0.350 e. The van der Waals surface area contributed by atoms with Gasteiger partial charge in [0, 0.05) is 10.4 Å². The lowest BCUT2D eigenvalue weighted by molar-refractivity contribution is 0.249. The molecular formula is C8H11N3OS. The van der Waals surface area contributed by atoms with Crippen LogP contribution in [-0.4, -0.2) is 12.2 Å². The number of aryl methyl sites for hydroxylation is 1. The second kappa shape index (κ2) is 4.61. The van der Waals surface area contributed by atoms with Crippen LogP contribution in [0.15, 0.2) is 16.5 Å². The summed E-state index contributed by atoms with van der Waals surface area (Å²) in [6.07, 6.45) is 2.59. The molecular weight excluding hydrogens is 186 g/mol. The highest BCUT2D eigenvalue weighted by Gasteiger charge is 1.94. The predicted molar refractivity (Wildman–Crippen MR) is 54.0 cm³/mol. The molecule has 0 fully saturated rings. The van der Waals surface area contributed by atoms with Gasteiger partial charge in [0.2, 0.25) is 0 Å². The van der Waals surface area contributed by atoms with E-state index in [9.17, 15) is 4.79 Å². The van der Waals surface area contributed by atoms with E-state index >= 15 is 0 Å². The molecule has 0 unspecified atom stereocenters. The molecule has 1 aromatic rings. The first-order chi connectivity index (χ1) is 6.22. The van der Waals surface area contributed by atoms with Crippen molar-refractivity contribution in [2.75, 3.05) is 0 Å². The van der Waals surface area contributed by atoms with Crippen molar-refractivity contribution in [3.63, 3.8) is 0 Å². The molecule has 0 radical (unpaired) electrons. The van der Waals surface area contributed by atoms with Gasteiger partial charge in [0.05, 0.1) is 6.21 Å². The number of amides is 2. The van der Waals surface area contributed by atoms with Crippen LogP contribution in [0.5, 0.6) is 0 Å². The Bertz CT molecular complexity index is 319. The molecule has 1 rings (SSSR count). The highest BCUT2D eigenvalue weighted by molar-refractivity contribution is 7.10. The van der Waals surface area contributed by atoms with Crippen molar-refractivity contribution in [3.8, 4) is 0 Å². The Kier molecular flexibility index (Phi) is 3.45. The molecule has 70 valence electrons. The molecule has 0 aromatic carbocycles. The van der Waals surface area contributed by atoms with E-state index in [1.807, 2.05) is 11.4 Å². The first-order valence-electron chi connectivity index (χ1n) is 3.88. The summed E-state index contributed by atoms with van der Waals surface area (Å²) >= 11 is 1.67. The molecule has 0 saturated heterocycles. The average molecular weight is 197 g/mol. The van der Waals surface area contributed by atoms with Crippen LogP contribution >= 0.6 is 11.3 Å². The fourth-order valence-corrected chi connectivity index (χ4v) is 1.61. The van der Waals surface area contributed by atoms with E-state index in [-0.39, 0.29) is 0 Å². The normalized spacial score (nSPS) is 10.5. The maximum atomic E-state index is 10.3. The number of carbonyl (C=O) groups is 1. The van der Waals surface area contributed by atoms with Crippen LogP contribution in [0.1, 0.15) is 17.4 Å². The molecule has 0 aliphatic carbocycles. The molecule has 0 bridgehead atoms. The first kappa shape index (κ1) is 9.73. The minimum Gasteiger partial charge on any atom is -0.350 e. The number of urea groups is 1. The van der Waals surface area contributed by atoms with Crippen molar-refractivity contribution >= 4 is 23.6 Å². The maximum Gasteiger partial charge on any atom is 0.332 e. The minimum atomic E-state index is -0.651. The SMILES string of the molecule is CCc1cc(/C=N/NC(N)=O)cs1. The third kappa shape index (κ3) is 3.25. The van der Waals surface area contributed by atoms with E-state index in [4.69, 9.17) is 5.73 Å². The Balaban J connectivity index is 2.53. The van der Waals surface area contributed by atoms with Gasteiger partial charge in [-0.2, -0.15) is 5.10 Å². The summed E-state index contributed by atoms with van der Waals surface area (Å²) in [6, 6.07) is 1.37. The fraction of sp³-hybridized carbons (Fsp3) is 0.250. The van der Waals surface area contributed by atoms with Gasteiger partial charge >= 0.3 is 6.03 Å². The monoisotopic (exact) mass is 197 g/mol. The Hall–Kier alpha value is -1.36. The van der Waals surface area contributed by atoms with Crippen molar-refractivity contribution in [1.29, 1.82) is 0 Å². The third-order valence-electron chi connectivity index (χ3n) is 1.41. The number of hydrogen-bond donors (Lipinski definition) is 2. The first-order valence-corrected chi connectivity index (χ1v) is 4.76. The summed E-state index contributed by atoms with van der Waals surface area (Å²) < 4.78 is 0. The van der Waals surface area contributed by atoms with E-state index in [1.165, 1.54) is 4.88 Å². The predicted octanol–water partition coefficient (Wildman–Crippen LogP) is 1.31. The molecule has 0 saturated carbocycles. The highest BCUT2D eigenvalue weighted by atomic mass is 32.1. The van der Waals surface area contributed by atoms with Crippen LogP contribution in [0, 0.1) is 0 Å². The number of nitrogens with two attached hydrogens (primary N) is 1. The lowest BCUT2D eigenvalue weighted by Gasteiger charge is -1.88. The van der Waals surface area contributed by atoms with Crippen LogP contribution in [0.2, 0.25) is 0 Å². The molecule has 2 amide bonds. The van der Waals surface area contributed by atoms with Crippen molar-refractivity contribution in [1.82, 2.24) is 5.43 Å². The van der Waals surface area contributed by atoms with E-state index in [0.717, 1.165) is 12.0 Å². The minimum absolute atomic E-state index is 0.651. The van der Waals surface area contributed by atoms with Crippen molar-refractivity contribution in [2.24, 2.45) is 10.8 Å². The average Bonchev–Trinajstić information content (AvgIpc) is 2.52. The van der Waals surface area contributed by atoms with Gasteiger partial charge in [0.1, 0.15) is 0 Å². The van der Waals surface area contributed by atoms with Crippen LogP contribution in [0.25, 0.3) is 0 Å². The standard InChI is InChI=1S/C8H11N3OS/c1-2-7-3-6(5-13-7)4-10-11-8(9)12/h3-5H,2H2,1H3,(H3,9,11,12)/b10-4+. The van der Waals surface area contributed by atoms with E-state index in [1.54, 1.807) is 17.6 Å². The number of carbonyl (C=O) groups excluding carboxylic acids is 1. The fourth-order valence-electron chi connectivity index (χ4n) is 0.821. The zero-order valence-corrected chi connectivity index (χ0v) is 8.10. The molecule has 1 heterocycles. The summed E-state index contributed by atoms with van der Waals surface area (Å²) in [6.45, 7) is 2.09. The Morgan fingerprint density at radius 2 is 2.62 bits per heavy atom. The number of primary amides is 1. The summed E-state index contributed by atoms with van der Waals surface area (Å²) in [5.41, 5.74) is 7.94. The Labute approximate surface area is 80.4 Å². The molecule has 0 aliphatic rings. The van der Waals surface area contributed by atoms with Gasteiger partial charge in [0.15, 0.2) is 0 Å². The molecule has 3 N–H and O–H groups in total. The second-order valence-electron chi connectivity index (χ2n) is 2.43. The molecule has 0 atom stereocenters. The van der Waals surface area contributed by atoms with Crippen LogP contribution < -0.4 is 11.2 Å². The van der Waals surface area contributed by atoms with Gasteiger partial charge in [-0.05, 0) is 17.9 Å². The molecule has 5 heteroatoms. The molecule has 13 heavy (non-hydrogen) atoms. The lowest BCUT2D eigenvalue weighted by Crippen LogP contribution is -2.24. The van der Waals surface area contributed by atoms with Gasteiger partial charge < -0.3 is 5.73 Å². The lowest BCUT2D eigenvalue weighted by atomic mass is 10.3. The smallest absolute Gasteiger partial charge is 0.332 e. The summed E-state index contributed by atoms with van der Waals surface area (Å²) in [7, 11) is 0. The van der Waals surface area contributed by atoms with Gasteiger partial charge in [-0.3, -0.25) is 0 Å². The van der Waals surface area contributed by atoms with E-state index < -0.39 is 6.03 Å². The number of nitrogens with one attached hydrogen (secondary N) is 1. The van der Waals surface area contributed by atoms with Crippen molar-refractivity contribution < 1.29 is 4.79 Å². The van der Waals surface area contributed by atoms with E-state index in [2.05, 4.69) is 17.5 Å². The van der Waals surface area contributed by atoms with Crippen molar-refractivity contribution in [2.45, 2.75) is 13.3 Å². The quantitative estimate of drug-likeness (QED) is 0.557. The van der Waals surface area contributed by atoms with Gasteiger partial charge in [-0.25, -0.2) is 10.2 Å². The topological polar surface area (TPSA) is 67.5 Å². The Morgan fingerprint density at radius 1 is 1.85 bits per heavy atom. The third-order valence-corrected chi connectivity index (χ3v) is 2.51. The maximum absolute atomic E-state index is 10.3. The second-order valence-corrected chi connectivity index (χ2v) is 3.43. The number of rotatable bonds is 3. The van der Waals surface area contributed by atoms with Crippen LogP contribution in [-0.2, 0) is 6.42 Å². The zero-order chi connectivity index (χ0) is 9.68. The summed E-state index contributed by atoms with van der Waals surface area (Å²) in [5, 5.41) is 5.62.